The molecule has 2 unspecified atom stereocenters. The number of ether oxygens (including phenoxy) is 3. The Hall–Kier alpha value is -4.37. The number of anilines is 1. The summed E-state index contributed by atoms with van der Waals surface area (Å²) in [5, 5.41) is 5.68. The summed E-state index contributed by atoms with van der Waals surface area (Å²) in [6.07, 6.45) is -1.39. The first-order chi connectivity index (χ1) is 18.4. The summed E-state index contributed by atoms with van der Waals surface area (Å²) >= 11 is 0. The zero-order chi connectivity index (χ0) is 27.1. The van der Waals surface area contributed by atoms with Crippen LogP contribution in [-0.4, -0.2) is 56.2 Å². The van der Waals surface area contributed by atoms with Crippen LogP contribution in [0.15, 0.2) is 72.8 Å². The van der Waals surface area contributed by atoms with Gasteiger partial charge < -0.3 is 24.8 Å². The van der Waals surface area contributed by atoms with E-state index in [0.717, 1.165) is 11.1 Å². The van der Waals surface area contributed by atoms with Crippen LogP contribution in [-0.2, 0) is 20.8 Å². The molecule has 0 aromatic heterocycles. The molecular weight excluding hydrogens is 486 g/mol. The van der Waals surface area contributed by atoms with Gasteiger partial charge >= 0.3 is 6.09 Å². The van der Waals surface area contributed by atoms with Crippen molar-refractivity contribution in [3.63, 3.8) is 0 Å². The Kier molecular flexibility index (Phi) is 8.60. The lowest BCUT2D eigenvalue weighted by Crippen LogP contribution is -2.47. The maximum Gasteiger partial charge on any atom is 0.411 e. The molecule has 2 atom stereocenters. The Bertz CT molecular complexity index is 1280. The fraction of sp³-hybridized carbons (Fsp3) is 0.276. The summed E-state index contributed by atoms with van der Waals surface area (Å²) in [6.45, 7) is 2.86. The Morgan fingerprint density at radius 3 is 2.42 bits per heavy atom. The van der Waals surface area contributed by atoms with E-state index >= 15 is 0 Å². The molecule has 4 rings (SSSR count). The van der Waals surface area contributed by atoms with Crippen LogP contribution in [0.2, 0.25) is 0 Å². The number of cyclic esters (lactones) is 1. The maximum atomic E-state index is 13.2. The first kappa shape index (κ1) is 26.7. The van der Waals surface area contributed by atoms with Crippen molar-refractivity contribution in [2.75, 3.05) is 32.7 Å². The third-order valence-corrected chi connectivity index (χ3v) is 6.26. The van der Waals surface area contributed by atoms with Gasteiger partial charge in [0, 0.05) is 24.9 Å². The second-order valence-corrected chi connectivity index (χ2v) is 8.95. The summed E-state index contributed by atoms with van der Waals surface area (Å²) < 4.78 is 15.9. The number of rotatable bonds is 10. The van der Waals surface area contributed by atoms with Crippen molar-refractivity contribution >= 4 is 23.6 Å². The quantitative estimate of drug-likeness (QED) is 0.393. The van der Waals surface area contributed by atoms with Crippen molar-refractivity contribution in [3.05, 3.63) is 95.1 Å². The third kappa shape index (κ3) is 6.30. The number of hydrogen-bond donors (Lipinski definition) is 2. The minimum atomic E-state index is -0.877. The maximum absolute atomic E-state index is 13.2. The number of amides is 3. The zero-order valence-electron chi connectivity index (χ0n) is 21.6. The van der Waals surface area contributed by atoms with Crippen LogP contribution >= 0.6 is 0 Å². The zero-order valence-corrected chi connectivity index (χ0v) is 21.6. The van der Waals surface area contributed by atoms with Crippen LogP contribution in [0.3, 0.4) is 0 Å². The van der Waals surface area contributed by atoms with E-state index < -0.39 is 18.2 Å². The molecule has 0 saturated carbocycles. The van der Waals surface area contributed by atoms with Gasteiger partial charge in [0.15, 0.2) is 12.1 Å². The first-order valence-electron chi connectivity index (χ1n) is 12.2. The highest BCUT2D eigenvalue weighted by molar-refractivity contribution is 6.04. The molecule has 3 aromatic carbocycles. The Labute approximate surface area is 221 Å². The van der Waals surface area contributed by atoms with Crippen molar-refractivity contribution in [1.29, 1.82) is 0 Å². The molecule has 1 aliphatic heterocycles. The molecule has 1 heterocycles. The van der Waals surface area contributed by atoms with Crippen LogP contribution in [0.25, 0.3) is 0 Å². The Balaban J connectivity index is 1.53. The number of benzene rings is 3. The van der Waals surface area contributed by atoms with Gasteiger partial charge in [0.25, 0.3) is 5.91 Å². The number of nitrogens with zero attached hydrogens (tertiary/aromatic N) is 1. The topological polar surface area (TPSA) is 106 Å². The predicted octanol–water partition coefficient (Wildman–Crippen LogP) is 4.08. The van der Waals surface area contributed by atoms with Crippen LogP contribution in [0.4, 0.5) is 10.5 Å². The molecule has 3 aromatic rings. The first-order valence-corrected chi connectivity index (χ1v) is 12.2. The fourth-order valence-corrected chi connectivity index (χ4v) is 4.20. The van der Waals surface area contributed by atoms with Gasteiger partial charge in [0.1, 0.15) is 5.75 Å². The summed E-state index contributed by atoms with van der Waals surface area (Å²) in [6, 6.07) is 20.6. The molecule has 3 amide bonds. The van der Waals surface area contributed by atoms with Gasteiger partial charge in [-0.15, -0.1) is 0 Å². The highest BCUT2D eigenvalue weighted by Crippen LogP contribution is 2.34. The van der Waals surface area contributed by atoms with E-state index in [9.17, 15) is 14.4 Å². The van der Waals surface area contributed by atoms with Crippen molar-refractivity contribution in [2.24, 2.45) is 0 Å². The number of hydrogen-bond acceptors (Lipinski definition) is 6. The minimum Gasteiger partial charge on any atom is -0.497 e. The normalized spacial score (nSPS) is 16.6. The molecule has 198 valence electrons. The molecule has 0 bridgehead atoms. The van der Waals surface area contributed by atoms with Gasteiger partial charge in [0.2, 0.25) is 5.91 Å². The summed E-state index contributed by atoms with van der Waals surface area (Å²) in [7, 11) is 3.09. The van der Waals surface area contributed by atoms with Crippen LogP contribution in [0.5, 0.6) is 5.75 Å². The lowest BCUT2D eigenvalue weighted by molar-refractivity contribution is -0.126. The minimum absolute atomic E-state index is 0.229. The molecule has 0 spiro atoms. The van der Waals surface area contributed by atoms with Crippen molar-refractivity contribution in [3.8, 4) is 5.75 Å². The molecule has 9 nitrogen and oxygen atoms in total. The van der Waals surface area contributed by atoms with Gasteiger partial charge in [-0.25, -0.2) is 4.79 Å². The second kappa shape index (κ2) is 12.2. The molecule has 1 fully saturated rings. The van der Waals surface area contributed by atoms with E-state index in [2.05, 4.69) is 10.6 Å². The molecule has 2 N–H and O–H groups in total. The second-order valence-electron chi connectivity index (χ2n) is 8.95. The number of nitrogens with one attached hydrogen (secondary N) is 2. The largest absolute Gasteiger partial charge is 0.497 e. The average molecular weight is 518 g/mol. The van der Waals surface area contributed by atoms with Crippen molar-refractivity contribution in [2.45, 2.75) is 25.6 Å². The number of carbonyl (C=O) groups is 3. The molecule has 1 saturated heterocycles. The predicted molar refractivity (Wildman–Crippen MR) is 142 cm³/mol. The average Bonchev–Trinajstić information content (AvgIpc) is 3.26. The molecule has 0 radical (unpaired) electrons. The Morgan fingerprint density at radius 1 is 1.00 bits per heavy atom. The number of aryl methyl sites for hydroxylation is 1. The molecule has 9 heteroatoms. The van der Waals surface area contributed by atoms with Crippen LogP contribution in [0, 0.1) is 6.92 Å². The van der Waals surface area contributed by atoms with E-state index in [-0.39, 0.29) is 18.4 Å². The number of carbonyl (C=O) groups excluding carboxylic acids is 3. The van der Waals surface area contributed by atoms with E-state index in [0.29, 0.717) is 35.7 Å². The van der Waals surface area contributed by atoms with E-state index in [1.54, 1.807) is 62.8 Å². The van der Waals surface area contributed by atoms with Crippen molar-refractivity contribution in [1.82, 2.24) is 10.2 Å². The SMILES string of the molecule is COCCNC(=O)C1C(c2ccc(NC(=O)c3cccc(OC)c3)cc2)OC(=O)N1Cc1ccc(C)cc1. The standard InChI is InChI=1S/C29H31N3O6/c1-19-7-9-20(10-8-19)18-32-25(28(34)30-15-16-36-2)26(38-29(32)35)21-11-13-23(14-12-21)31-27(33)22-5-4-6-24(17-22)37-3/h4-14,17,25-26H,15-16,18H2,1-3H3,(H,30,34)(H,31,33). The molecule has 0 aliphatic carbocycles. The van der Waals surface area contributed by atoms with Crippen LogP contribution < -0.4 is 15.4 Å². The van der Waals surface area contributed by atoms with Gasteiger partial charge in [-0.3, -0.25) is 14.5 Å². The van der Waals surface area contributed by atoms with E-state index in [4.69, 9.17) is 14.2 Å². The summed E-state index contributed by atoms with van der Waals surface area (Å²) in [5.41, 5.74) is 3.64. The van der Waals surface area contributed by atoms with Gasteiger partial charge in [0.05, 0.1) is 20.3 Å². The van der Waals surface area contributed by atoms with Gasteiger partial charge in [-0.2, -0.15) is 0 Å². The molecule has 38 heavy (non-hydrogen) atoms. The van der Waals surface area contributed by atoms with Gasteiger partial charge in [-0.1, -0.05) is 48.0 Å². The van der Waals surface area contributed by atoms with Gasteiger partial charge in [-0.05, 0) is 48.4 Å². The lowest BCUT2D eigenvalue weighted by Gasteiger charge is -2.24. The fourth-order valence-electron chi connectivity index (χ4n) is 4.20. The summed E-state index contributed by atoms with van der Waals surface area (Å²) in [5.74, 6) is -0.0370. The Morgan fingerprint density at radius 2 is 1.74 bits per heavy atom. The smallest absolute Gasteiger partial charge is 0.411 e. The molecular formula is C29H31N3O6. The highest BCUT2D eigenvalue weighted by Gasteiger charge is 2.46. The summed E-state index contributed by atoms with van der Waals surface area (Å²) in [4.78, 5) is 40.3. The van der Waals surface area contributed by atoms with Crippen LogP contribution in [0.1, 0.15) is 33.2 Å². The number of methoxy groups -OCH3 is 2. The highest BCUT2D eigenvalue weighted by atomic mass is 16.6. The molecule has 1 aliphatic rings. The van der Waals surface area contributed by atoms with E-state index in [1.165, 1.54) is 4.90 Å². The third-order valence-electron chi connectivity index (χ3n) is 6.26. The van der Waals surface area contributed by atoms with E-state index in [1.807, 2.05) is 31.2 Å². The monoisotopic (exact) mass is 517 g/mol. The lowest BCUT2D eigenvalue weighted by atomic mass is 10.00. The van der Waals surface area contributed by atoms with Crippen molar-refractivity contribution < 1.29 is 28.6 Å².